The van der Waals surface area contributed by atoms with Crippen molar-refractivity contribution in [2.45, 2.75) is 46.3 Å². The van der Waals surface area contributed by atoms with Gasteiger partial charge in [0.05, 0.1) is 17.2 Å². The number of aliphatic hydroxyl groups excluding tert-OH is 1. The molecule has 3 N–H and O–H groups in total. The first kappa shape index (κ1) is 23.5. The van der Waals surface area contributed by atoms with Gasteiger partial charge in [-0.25, -0.2) is 4.39 Å². The third-order valence-corrected chi connectivity index (χ3v) is 6.09. The van der Waals surface area contributed by atoms with E-state index in [0.717, 1.165) is 17.7 Å². The minimum absolute atomic E-state index is 0.0346. The first-order chi connectivity index (χ1) is 14.7. The summed E-state index contributed by atoms with van der Waals surface area (Å²) in [6.07, 6.45) is 2.07. The highest BCUT2D eigenvalue weighted by Crippen LogP contribution is 2.37. The fourth-order valence-corrected chi connectivity index (χ4v) is 4.06. The van der Waals surface area contributed by atoms with Gasteiger partial charge in [-0.15, -0.1) is 10.2 Å². The smallest absolute Gasteiger partial charge is 0.166 e. The van der Waals surface area contributed by atoms with Gasteiger partial charge >= 0.3 is 0 Å². The number of benzene rings is 1. The third kappa shape index (κ3) is 5.77. The van der Waals surface area contributed by atoms with E-state index < -0.39 is 18.0 Å². The maximum Gasteiger partial charge on any atom is 0.166 e. The summed E-state index contributed by atoms with van der Waals surface area (Å²) >= 11 is 7.65. The van der Waals surface area contributed by atoms with Crippen molar-refractivity contribution in [2.24, 2.45) is 11.7 Å². The fraction of sp³-hybridized carbons (Fsp3) is 0.409. The number of nitrogens with zero attached hydrogens (tertiary/aromatic N) is 3. The normalized spacial score (nSPS) is 13.5. The van der Waals surface area contributed by atoms with E-state index in [1.54, 1.807) is 6.92 Å². The number of rotatable bonds is 8. The van der Waals surface area contributed by atoms with Gasteiger partial charge in [-0.1, -0.05) is 36.8 Å². The lowest BCUT2D eigenvalue weighted by atomic mass is 10.0. The largest absolute Gasteiger partial charge is 0.489 e. The Morgan fingerprint density at radius 2 is 1.90 bits per heavy atom. The van der Waals surface area contributed by atoms with Gasteiger partial charge in [0.2, 0.25) is 0 Å². The molecule has 0 bridgehead atoms. The van der Waals surface area contributed by atoms with Gasteiger partial charge in [0, 0.05) is 17.8 Å². The van der Waals surface area contributed by atoms with Crippen LogP contribution in [0, 0.1) is 18.7 Å². The highest BCUT2D eigenvalue weighted by molar-refractivity contribution is 7.17. The van der Waals surface area contributed by atoms with Gasteiger partial charge in [-0.2, -0.15) is 0 Å². The van der Waals surface area contributed by atoms with Crippen LogP contribution < -0.4 is 10.5 Å². The number of hydrogen-bond donors (Lipinski definition) is 2. The van der Waals surface area contributed by atoms with Gasteiger partial charge in [0.1, 0.15) is 17.3 Å². The summed E-state index contributed by atoms with van der Waals surface area (Å²) in [4.78, 5) is 4.53. The van der Waals surface area contributed by atoms with Gasteiger partial charge in [-0.05, 0) is 49.4 Å². The van der Waals surface area contributed by atoms with Crippen LogP contribution in [0.4, 0.5) is 4.39 Å². The van der Waals surface area contributed by atoms with E-state index >= 15 is 0 Å². The molecule has 166 valence electrons. The summed E-state index contributed by atoms with van der Waals surface area (Å²) in [5.41, 5.74) is 9.22. The number of hydrogen-bond acceptors (Lipinski definition) is 7. The fourth-order valence-electron chi connectivity index (χ4n) is 2.92. The Hall–Kier alpha value is -2.13. The molecule has 0 unspecified atom stereocenters. The number of aromatic nitrogens is 3. The van der Waals surface area contributed by atoms with Crippen LogP contribution >= 0.6 is 22.9 Å². The summed E-state index contributed by atoms with van der Waals surface area (Å²) in [6.45, 7) is 7.90. The van der Waals surface area contributed by atoms with Crippen LogP contribution in [0.2, 0.25) is 5.02 Å². The van der Waals surface area contributed by atoms with Crippen LogP contribution in [-0.4, -0.2) is 39.0 Å². The standard InChI is InChI=1S/C22H26ClFN4O2S/c1-11(2)5-14-9-26-19(6-12(14)3)22-28-27-21(31-22)15-7-17(24)20(8-16(15)23)30-10-18(25)13(4)29/h6-9,11,13,18,29H,5,10,25H2,1-4H3/t13-,18+/m1/s1. The summed E-state index contributed by atoms with van der Waals surface area (Å²) in [5, 5.41) is 19.2. The van der Waals surface area contributed by atoms with Crippen LogP contribution in [0.5, 0.6) is 5.75 Å². The van der Waals surface area contributed by atoms with Crippen LogP contribution in [-0.2, 0) is 6.42 Å². The van der Waals surface area contributed by atoms with Gasteiger partial charge in [0.15, 0.2) is 16.6 Å². The Balaban J connectivity index is 1.82. The van der Waals surface area contributed by atoms with Crippen molar-refractivity contribution in [1.29, 1.82) is 0 Å². The Kier molecular flexibility index (Phi) is 7.59. The molecular weight excluding hydrogens is 439 g/mol. The molecule has 9 heteroatoms. The maximum absolute atomic E-state index is 14.6. The molecule has 3 aromatic rings. The van der Waals surface area contributed by atoms with Crippen molar-refractivity contribution in [1.82, 2.24) is 15.2 Å². The molecular formula is C22H26ClFN4O2S. The first-order valence-electron chi connectivity index (χ1n) is 10.0. The Bertz CT molecular complexity index is 1060. The topological polar surface area (TPSA) is 94.2 Å². The molecule has 0 amide bonds. The molecule has 0 radical (unpaired) electrons. The van der Waals surface area contributed by atoms with E-state index in [1.165, 1.54) is 29.0 Å². The minimum atomic E-state index is -0.769. The summed E-state index contributed by atoms with van der Waals surface area (Å²) in [6, 6.07) is 4.00. The molecule has 2 aromatic heterocycles. The van der Waals surface area contributed by atoms with E-state index in [4.69, 9.17) is 22.1 Å². The van der Waals surface area contributed by atoms with E-state index in [0.29, 0.717) is 21.5 Å². The SMILES string of the molecule is Cc1cc(-c2nnc(-c3cc(F)c(OC[C@H](N)[C@@H](C)O)cc3Cl)s2)ncc1CC(C)C. The number of aryl methyl sites for hydroxylation is 1. The van der Waals surface area contributed by atoms with E-state index in [1.807, 2.05) is 12.3 Å². The van der Waals surface area contributed by atoms with Crippen molar-refractivity contribution >= 4 is 22.9 Å². The van der Waals surface area contributed by atoms with Crippen molar-refractivity contribution < 1.29 is 14.2 Å². The Labute approximate surface area is 190 Å². The average molecular weight is 465 g/mol. The zero-order valence-electron chi connectivity index (χ0n) is 17.9. The van der Waals surface area contributed by atoms with Crippen LogP contribution in [0.15, 0.2) is 24.4 Å². The van der Waals surface area contributed by atoms with Crippen molar-refractivity contribution in [2.75, 3.05) is 6.61 Å². The number of ether oxygens (including phenoxy) is 1. The average Bonchev–Trinajstić information content (AvgIpc) is 3.19. The molecule has 31 heavy (non-hydrogen) atoms. The van der Waals surface area contributed by atoms with E-state index in [9.17, 15) is 9.50 Å². The second-order valence-electron chi connectivity index (χ2n) is 7.98. The number of halogens is 2. The number of nitrogens with two attached hydrogens (primary N) is 1. The monoisotopic (exact) mass is 464 g/mol. The zero-order chi connectivity index (χ0) is 22.7. The van der Waals surface area contributed by atoms with Crippen molar-refractivity contribution in [3.05, 3.63) is 46.4 Å². The molecule has 0 aliphatic carbocycles. The molecule has 0 saturated carbocycles. The highest BCUT2D eigenvalue weighted by Gasteiger charge is 2.18. The zero-order valence-corrected chi connectivity index (χ0v) is 19.5. The Morgan fingerprint density at radius 1 is 1.19 bits per heavy atom. The number of pyridine rings is 1. The molecule has 6 nitrogen and oxygen atoms in total. The lowest BCUT2D eigenvalue weighted by molar-refractivity contribution is 0.129. The van der Waals surface area contributed by atoms with Crippen LogP contribution in [0.25, 0.3) is 21.3 Å². The van der Waals surface area contributed by atoms with E-state index in [-0.39, 0.29) is 17.4 Å². The lowest BCUT2D eigenvalue weighted by Gasteiger charge is -2.16. The molecule has 1 aromatic carbocycles. The lowest BCUT2D eigenvalue weighted by Crippen LogP contribution is -2.38. The maximum atomic E-state index is 14.6. The molecule has 2 atom stereocenters. The van der Waals surface area contributed by atoms with Crippen LogP contribution in [0.1, 0.15) is 31.9 Å². The quantitative estimate of drug-likeness (QED) is 0.503. The summed E-state index contributed by atoms with van der Waals surface area (Å²) in [5.74, 6) is -0.0835. The van der Waals surface area contributed by atoms with Gasteiger partial charge < -0.3 is 15.6 Å². The third-order valence-electron chi connectivity index (χ3n) is 4.79. The number of aliphatic hydroxyl groups is 1. The van der Waals surface area contributed by atoms with Gasteiger partial charge in [-0.3, -0.25) is 4.98 Å². The summed E-state index contributed by atoms with van der Waals surface area (Å²) in [7, 11) is 0. The molecule has 0 aliphatic rings. The predicted molar refractivity (Wildman–Crippen MR) is 122 cm³/mol. The molecule has 0 fully saturated rings. The molecule has 3 rings (SSSR count). The summed E-state index contributed by atoms with van der Waals surface area (Å²) < 4.78 is 19.9. The van der Waals surface area contributed by atoms with Crippen molar-refractivity contribution in [3.63, 3.8) is 0 Å². The molecule has 0 saturated heterocycles. The van der Waals surface area contributed by atoms with E-state index in [2.05, 4.69) is 36.0 Å². The van der Waals surface area contributed by atoms with Gasteiger partial charge in [0.25, 0.3) is 0 Å². The molecule has 2 heterocycles. The second-order valence-corrected chi connectivity index (χ2v) is 9.37. The molecule has 0 spiro atoms. The van der Waals surface area contributed by atoms with Crippen LogP contribution in [0.3, 0.4) is 0 Å². The highest BCUT2D eigenvalue weighted by atomic mass is 35.5. The molecule has 0 aliphatic heterocycles. The minimum Gasteiger partial charge on any atom is -0.489 e. The predicted octanol–water partition coefficient (Wildman–Crippen LogP) is 4.65. The first-order valence-corrected chi connectivity index (χ1v) is 11.2. The Morgan fingerprint density at radius 3 is 2.55 bits per heavy atom. The second kappa shape index (κ2) is 9.99. The van der Waals surface area contributed by atoms with Crippen molar-refractivity contribution in [3.8, 4) is 27.0 Å².